The molecule has 0 aliphatic carbocycles. The summed E-state index contributed by atoms with van der Waals surface area (Å²) in [4.78, 5) is 0. The van der Waals surface area contributed by atoms with Gasteiger partial charge in [0.1, 0.15) is 0 Å². The van der Waals surface area contributed by atoms with Crippen LogP contribution >= 0.6 is 0 Å². The summed E-state index contributed by atoms with van der Waals surface area (Å²) in [5.41, 5.74) is 0. The van der Waals surface area contributed by atoms with E-state index in [1.807, 2.05) is 0 Å². The first-order chi connectivity index (χ1) is 4.06. The van der Waals surface area contributed by atoms with E-state index in [-0.39, 0.29) is 0 Å². The van der Waals surface area contributed by atoms with E-state index in [4.69, 9.17) is 9.81 Å². The van der Waals surface area contributed by atoms with Crippen molar-refractivity contribution in [3.05, 3.63) is 0 Å². The van der Waals surface area contributed by atoms with Crippen LogP contribution in [0.5, 0.6) is 0 Å². The lowest BCUT2D eigenvalue weighted by Gasteiger charge is -1.80. The van der Waals surface area contributed by atoms with Crippen LogP contribution in [-0.4, -0.2) is 13.0 Å². The Morgan fingerprint density at radius 2 is 1.89 bits per heavy atom. The molecule has 0 amide bonds. The molecule has 0 unspecified atom stereocenters. The molecule has 0 aromatic carbocycles. The molecule has 0 aliphatic rings. The SMILES string of the molecule is N#COS(=O)(=O)O.NN. The van der Waals surface area contributed by atoms with Crippen LogP contribution in [0.4, 0.5) is 0 Å². The molecule has 0 heterocycles. The van der Waals surface area contributed by atoms with Gasteiger partial charge >= 0.3 is 16.7 Å². The van der Waals surface area contributed by atoms with E-state index in [1.54, 1.807) is 0 Å². The van der Waals surface area contributed by atoms with Gasteiger partial charge in [0, 0.05) is 0 Å². The van der Waals surface area contributed by atoms with Crippen LogP contribution in [0.3, 0.4) is 0 Å². The number of rotatable bonds is 1. The molecule has 7 nitrogen and oxygen atoms in total. The van der Waals surface area contributed by atoms with E-state index in [0.717, 1.165) is 6.26 Å². The maximum atomic E-state index is 9.34. The van der Waals surface area contributed by atoms with Crippen LogP contribution in [0.1, 0.15) is 0 Å². The largest absolute Gasteiger partial charge is 0.456 e. The molecule has 0 aromatic rings. The van der Waals surface area contributed by atoms with Crippen molar-refractivity contribution in [1.29, 1.82) is 5.26 Å². The maximum Gasteiger partial charge on any atom is 0.456 e. The van der Waals surface area contributed by atoms with Crippen LogP contribution in [-0.2, 0) is 14.6 Å². The summed E-state index contributed by atoms with van der Waals surface area (Å²) >= 11 is 0. The molecule has 8 heteroatoms. The van der Waals surface area contributed by atoms with Gasteiger partial charge in [0.25, 0.3) is 0 Å². The molecule has 0 atom stereocenters. The van der Waals surface area contributed by atoms with Crippen LogP contribution in [0.2, 0.25) is 0 Å². The Morgan fingerprint density at radius 1 is 1.56 bits per heavy atom. The van der Waals surface area contributed by atoms with E-state index < -0.39 is 10.4 Å². The standard InChI is InChI=1S/CHNO4S.H4N2/c2-1-6-7(3,4)5;1-2/h(H,3,4,5);1-2H2. The number of nitriles is 1. The fraction of sp³-hybridized carbons (Fsp3) is 0. The lowest BCUT2D eigenvalue weighted by molar-refractivity contribution is 0.367. The van der Waals surface area contributed by atoms with Crippen molar-refractivity contribution < 1.29 is 17.2 Å². The van der Waals surface area contributed by atoms with Crippen molar-refractivity contribution in [3.8, 4) is 6.26 Å². The van der Waals surface area contributed by atoms with Gasteiger partial charge in [-0.05, 0) is 0 Å². The second-order valence-electron chi connectivity index (χ2n) is 0.602. The minimum absolute atomic E-state index is 0.770. The monoisotopic (exact) mass is 155 g/mol. The molecule has 0 saturated carbocycles. The van der Waals surface area contributed by atoms with Gasteiger partial charge in [-0.2, -0.15) is 8.42 Å². The Kier molecular flexibility index (Phi) is 6.42. The van der Waals surface area contributed by atoms with Gasteiger partial charge in [-0.15, -0.1) is 5.26 Å². The molecular weight excluding hydrogens is 150 g/mol. The molecule has 0 spiro atoms. The first-order valence-corrected chi connectivity index (χ1v) is 2.81. The quantitative estimate of drug-likeness (QED) is 0.174. The fourth-order valence-corrected chi connectivity index (χ4v) is 0.141. The first-order valence-electron chi connectivity index (χ1n) is 1.44. The van der Waals surface area contributed by atoms with E-state index in [2.05, 4.69) is 15.9 Å². The number of hydrogen-bond donors (Lipinski definition) is 3. The van der Waals surface area contributed by atoms with Gasteiger partial charge in [0.05, 0.1) is 0 Å². The molecule has 0 saturated heterocycles. The summed E-state index contributed by atoms with van der Waals surface area (Å²) < 4.78 is 29.3. The van der Waals surface area contributed by atoms with Crippen molar-refractivity contribution >= 4 is 10.4 Å². The van der Waals surface area contributed by atoms with Gasteiger partial charge in [0.15, 0.2) is 0 Å². The number of hydrazine groups is 1. The first kappa shape index (κ1) is 11.0. The normalized spacial score (nSPS) is 8.22. The highest BCUT2D eigenvalue weighted by Gasteiger charge is 1.99. The van der Waals surface area contributed by atoms with Gasteiger partial charge in [-0.25, -0.2) is 0 Å². The van der Waals surface area contributed by atoms with Crippen molar-refractivity contribution in [1.82, 2.24) is 0 Å². The summed E-state index contributed by atoms with van der Waals surface area (Å²) in [5, 5.41) is 7.39. The second kappa shape index (κ2) is 5.26. The molecular formula is CH5N3O4S. The molecule has 0 radical (unpaired) electrons. The zero-order valence-corrected chi connectivity index (χ0v) is 5.00. The third kappa shape index (κ3) is 19.2. The van der Waals surface area contributed by atoms with Gasteiger partial charge in [-0.3, -0.25) is 20.4 Å². The van der Waals surface area contributed by atoms with Crippen molar-refractivity contribution in [3.63, 3.8) is 0 Å². The molecule has 9 heavy (non-hydrogen) atoms. The number of nitrogens with two attached hydrogens (primary N) is 2. The molecule has 0 rings (SSSR count). The van der Waals surface area contributed by atoms with E-state index in [1.165, 1.54) is 0 Å². The fourth-order valence-electron chi connectivity index (χ4n) is 0.0471. The topological polar surface area (TPSA) is 139 Å². The highest BCUT2D eigenvalue weighted by molar-refractivity contribution is 7.81. The van der Waals surface area contributed by atoms with Crippen LogP contribution in [0.15, 0.2) is 0 Å². The zero-order chi connectivity index (χ0) is 7.91. The lowest BCUT2D eigenvalue weighted by Crippen LogP contribution is -2.02. The molecule has 54 valence electrons. The predicted octanol–water partition coefficient (Wildman–Crippen LogP) is -1.89. The Balaban J connectivity index is 0. The summed E-state index contributed by atoms with van der Waals surface area (Å²) in [5.74, 6) is 8.00. The highest BCUT2D eigenvalue weighted by Crippen LogP contribution is 1.78. The molecule has 0 aromatic heterocycles. The molecule has 0 aliphatic heterocycles. The second-order valence-corrected chi connectivity index (χ2v) is 1.62. The Hall–Kier alpha value is -0.880. The Bertz CT molecular complexity index is 176. The van der Waals surface area contributed by atoms with E-state index in [0.29, 0.717) is 0 Å². The van der Waals surface area contributed by atoms with Gasteiger partial charge in [-0.1, -0.05) is 0 Å². The van der Waals surface area contributed by atoms with Crippen molar-refractivity contribution in [2.75, 3.05) is 0 Å². The maximum absolute atomic E-state index is 9.34. The van der Waals surface area contributed by atoms with Crippen LogP contribution in [0, 0.1) is 11.5 Å². The summed E-state index contributed by atoms with van der Waals surface area (Å²) in [6.07, 6.45) is 0.770. The number of nitrogens with zero attached hydrogens (tertiary/aromatic N) is 1. The third-order valence-electron chi connectivity index (χ3n) is 0.143. The minimum Gasteiger partial charge on any atom is -0.281 e. The summed E-state index contributed by atoms with van der Waals surface area (Å²) in [6.45, 7) is 0. The Morgan fingerprint density at radius 3 is 1.89 bits per heavy atom. The lowest BCUT2D eigenvalue weighted by atomic mass is 11.6. The Labute approximate surface area is 51.7 Å². The van der Waals surface area contributed by atoms with Gasteiger partial charge in [0.2, 0.25) is 0 Å². The van der Waals surface area contributed by atoms with E-state index >= 15 is 0 Å². The van der Waals surface area contributed by atoms with E-state index in [9.17, 15) is 8.42 Å². The van der Waals surface area contributed by atoms with Crippen LogP contribution < -0.4 is 11.7 Å². The third-order valence-corrected chi connectivity index (χ3v) is 0.428. The summed E-state index contributed by atoms with van der Waals surface area (Å²) in [7, 11) is -4.54. The predicted molar refractivity (Wildman–Crippen MR) is 26.6 cm³/mol. The molecule has 0 fully saturated rings. The van der Waals surface area contributed by atoms with Gasteiger partial charge < -0.3 is 0 Å². The minimum atomic E-state index is -4.54. The average Bonchev–Trinajstić information content (AvgIpc) is 1.69. The van der Waals surface area contributed by atoms with Crippen molar-refractivity contribution in [2.24, 2.45) is 11.7 Å². The highest BCUT2D eigenvalue weighted by atomic mass is 32.3. The molecule has 0 bridgehead atoms. The smallest absolute Gasteiger partial charge is 0.281 e. The molecule has 5 N–H and O–H groups in total. The zero-order valence-electron chi connectivity index (χ0n) is 4.18. The number of hydrogen-bond acceptors (Lipinski definition) is 6. The summed E-state index contributed by atoms with van der Waals surface area (Å²) in [6, 6.07) is 0. The van der Waals surface area contributed by atoms with Crippen molar-refractivity contribution in [2.45, 2.75) is 0 Å². The van der Waals surface area contributed by atoms with Crippen LogP contribution in [0.25, 0.3) is 0 Å². The average molecular weight is 155 g/mol.